The standard InChI is InChI=1S/C9H15BrN2/c1-4-12-8(10)6-11-9(12)5-7(2)3/h6-7H,4-5H2,1-3H3. The SMILES string of the molecule is CCn1c(Br)cnc1CC(C)C. The summed E-state index contributed by atoms with van der Waals surface area (Å²) in [6, 6.07) is 0. The lowest BCUT2D eigenvalue weighted by Gasteiger charge is -2.07. The van der Waals surface area contributed by atoms with Gasteiger partial charge in [0.2, 0.25) is 0 Å². The van der Waals surface area contributed by atoms with Gasteiger partial charge in [-0.1, -0.05) is 13.8 Å². The Morgan fingerprint density at radius 1 is 1.58 bits per heavy atom. The van der Waals surface area contributed by atoms with Crippen molar-refractivity contribution in [3.05, 3.63) is 16.6 Å². The Hall–Kier alpha value is -0.310. The minimum Gasteiger partial charge on any atom is -0.323 e. The lowest BCUT2D eigenvalue weighted by Crippen LogP contribution is -2.05. The number of rotatable bonds is 3. The maximum absolute atomic E-state index is 4.34. The summed E-state index contributed by atoms with van der Waals surface area (Å²) in [5.41, 5.74) is 0. The lowest BCUT2D eigenvalue weighted by atomic mass is 10.1. The molecule has 0 N–H and O–H groups in total. The molecule has 1 aromatic rings. The zero-order chi connectivity index (χ0) is 9.14. The van der Waals surface area contributed by atoms with Crippen molar-refractivity contribution in [3.8, 4) is 0 Å². The smallest absolute Gasteiger partial charge is 0.109 e. The summed E-state index contributed by atoms with van der Waals surface area (Å²) in [6.07, 6.45) is 2.93. The molecule has 0 aromatic carbocycles. The van der Waals surface area contributed by atoms with Crippen LogP contribution in [0, 0.1) is 5.92 Å². The minimum atomic E-state index is 0.671. The molecule has 0 spiro atoms. The van der Waals surface area contributed by atoms with Gasteiger partial charge in [-0.15, -0.1) is 0 Å². The molecule has 0 atom stereocenters. The fourth-order valence-corrected chi connectivity index (χ4v) is 1.81. The van der Waals surface area contributed by atoms with Crippen LogP contribution in [0.2, 0.25) is 0 Å². The van der Waals surface area contributed by atoms with Crippen LogP contribution in [-0.2, 0) is 13.0 Å². The van der Waals surface area contributed by atoms with Gasteiger partial charge in [0.05, 0.1) is 6.20 Å². The van der Waals surface area contributed by atoms with Crippen molar-refractivity contribution in [1.29, 1.82) is 0 Å². The van der Waals surface area contributed by atoms with E-state index in [1.807, 2.05) is 6.20 Å². The van der Waals surface area contributed by atoms with E-state index in [1.54, 1.807) is 0 Å². The largest absolute Gasteiger partial charge is 0.323 e. The molecule has 0 aliphatic heterocycles. The van der Waals surface area contributed by atoms with Gasteiger partial charge < -0.3 is 4.57 Å². The van der Waals surface area contributed by atoms with Gasteiger partial charge in [-0.05, 0) is 28.8 Å². The van der Waals surface area contributed by atoms with E-state index in [9.17, 15) is 0 Å². The molecule has 0 fully saturated rings. The van der Waals surface area contributed by atoms with Gasteiger partial charge in [-0.25, -0.2) is 4.98 Å². The van der Waals surface area contributed by atoms with Crippen LogP contribution < -0.4 is 0 Å². The molecule has 12 heavy (non-hydrogen) atoms. The van der Waals surface area contributed by atoms with Crippen molar-refractivity contribution in [3.63, 3.8) is 0 Å². The van der Waals surface area contributed by atoms with Crippen LogP contribution in [-0.4, -0.2) is 9.55 Å². The first-order valence-corrected chi connectivity index (χ1v) is 5.14. The molecule has 2 nitrogen and oxygen atoms in total. The first-order valence-electron chi connectivity index (χ1n) is 4.35. The van der Waals surface area contributed by atoms with E-state index in [4.69, 9.17) is 0 Å². The Morgan fingerprint density at radius 2 is 2.25 bits per heavy atom. The Morgan fingerprint density at radius 3 is 2.75 bits per heavy atom. The number of hydrogen-bond acceptors (Lipinski definition) is 1. The summed E-state index contributed by atoms with van der Waals surface area (Å²) < 4.78 is 3.28. The molecule has 0 radical (unpaired) electrons. The van der Waals surface area contributed by atoms with E-state index in [0.29, 0.717) is 5.92 Å². The molecule has 0 saturated heterocycles. The van der Waals surface area contributed by atoms with E-state index in [2.05, 4.69) is 46.3 Å². The summed E-state index contributed by atoms with van der Waals surface area (Å²) in [6.45, 7) is 7.55. The quantitative estimate of drug-likeness (QED) is 0.782. The predicted octanol–water partition coefficient (Wildman–Crippen LogP) is 2.86. The van der Waals surface area contributed by atoms with Crippen LogP contribution in [0.4, 0.5) is 0 Å². The highest BCUT2D eigenvalue weighted by Gasteiger charge is 2.07. The Labute approximate surface area is 82.1 Å². The normalized spacial score (nSPS) is 11.1. The van der Waals surface area contributed by atoms with Crippen molar-refractivity contribution >= 4 is 15.9 Å². The monoisotopic (exact) mass is 230 g/mol. The highest BCUT2D eigenvalue weighted by molar-refractivity contribution is 9.10. The maximum atomic E-state index is 4.34. The second-order valence-electron chi connectivity index (χ2n) is 3.34. The third-order valence-corrected chi connectivity index (χ3v) is 2.43. The van der Waals surface area contributed by atoms with Gasteiger partial charge in [0, 0.05) is 13.0 Å². The predicted molar refractivity (Wildman–Crippen MR) is 54.1 cm³/mol. The fourth-order valence-electron chi connectivity index (χ4n) is 1.25. The van der Waals surface area contributed by atoms with Gasteiger partial charge in [-0.2, -0.15) is 0 Å². The second-order valence-corrected chi connectivity index (χ2v) is 4.15. The third-order valence-electron chi connectivity index (χ3n) is 1.80. The first kappa shape index (κ1) is 9.78. The number of hydrogen-bond donors (Lipinski definition) is 0. The zero-order valence-corrected chi connectivity index (χ0v) is 9.43. The molecule has 0 amide bonds. The molecule has 3 heteroatoms. The molecule has 0 bridgehead atoms. The molecule has 1 rings (SSSR count). The van der Waals surface area contributed by atoms with Crippen LogP contribution >= 0.6 is 15.9 Å². The van der Waals surface area contributed by atoms with Gasteiger partial charge in [0.1, 0.15) is 10.4 Å². The van der Waals surface area contributed by atoms with E-state index >= 15 is 0 Å². The van der Waals surface area contributed by atoms with E-state index in [-0.39, 0.29) is 0 Å². The average molecular weight is 231 g/mol. The van der Waals surface area contributed by atoms with Crippen LogP contribution in [0.15, 0.2) is 10.8 Å². The van der Waals surface area contributed by atoms with Crippen LogP contribution in [0.25, 0.3) is 0 Å². The van der Waals surface area contributed by atoms with E-state index in [0.717, 1.165) is 17.6 Å². The summed E-state index contributed by atoms with van der Waals surface area (Å²) in [7, 11) is 0. The lowest BCUT2D eigenvalue weighted by molar-refractivity contribution is 0.580. The van der Waals surface area contributed by atoms with Crippen molar-refractivity contribution < 1.29 is 0 Å². The van der Waals surface area contributed by atoms with Crippen LogP contribution in [0.1, 0.15) is 26.6 Å². The van der Waals surface area contributed by atoms with Gasteiger partial charge in [-0.3, -0.25) is 0 Å². The van der Waals surface area contributed by atoms with E-state index in [1.165, 1.54) is 5.82 Å². The van der Waals surface area contributed by atoms with Gasteiger partial charge >= 0.3 is 0 Å². The average Bonchev–Trinajstić information content (AvgIpc) is 2.30. The number of imidazole rings is 1. The van der Waals surface area contributed by atoms with Crippen molar-refractivity contribution in [2.24, 2.45) is 5.92 Å². The molecule has 1 heterocycles. The Balaban J connectivity index is 2.84. The van der Waals surface area contributed by atoms with Crippen molar-refractivity contribution in [1.82, 2.24) is 9.55 Å². The topological polar surface area (TPSA) is 17.8 Å². The second kappa shape index (κ2) is 4.08. The Bertz CT molecular complexity index is 253. The first-order chi connectivity index (χ1) is 5.65. The number of halogens is 1. The molecule has 0 aliphatic rings. The molecular weight excluding hydrogens is 216 g/mol. The summed E-state index contributed by atoms with van der Waals surface area (Å²) in [5, 5.41) is 0. The molecule has 0 aliphatic carbocycles. The van der Waals surface area contributed by atoms with Gasteiger partial charge in [0.25, 0.3) is 0 Å². The minimum absolute atomic E-state index is 0.671. The summed E-state index contributed by atoms with van der Waals surface area (Å²) in [4.78, 5) is 4.34. The number of nitrogens with zero attached hydrogens (tertiary/aromatic N) is 2. The van der Waals surface area contributed by atoms with Gasteiger partial charge in [0.15, 0.2) is 0 Å². The third kappa shape index (κ3) is 2.09. The summed E-state index contributed by atoms with van der Waals surface area (Å²) in [5.74, 6) is 1.85. The highest BCUT2D eigenvalue weighted by Crippen LogP contribution is 2.14. The zero-order valence-electron chi connectivity index (χ0n) is 7.84. The molecule has 68 valence electrons. The summed E-state index contributed by atoms with van der Waals surface area (Å²) >= 11 is 3.47. The van der Waals surface area contributed by atoms with Crippen molar-refractivity contribution in [2.75, 3.05) is 0 Å². The van der Waals surface area contributed by atoms with Crippen LogP contribution in [0.3, 0.4) is 0 Å². The Kier molecular flexibility index (Phi) is 3.32. The maximum Gasteiger partial charge on any atom is 0.109 e. The van der Waals surface area contributed by atoms with Crippen molar-refractivity contribution in [2.45, 2.75) is 33.7 Å². The number of aromatic nitrogens is 2. The molecular formula is C9H15BrN2. The highest BCUT2D eigenvalue weighted by atomic mass is 79.9. The van der Waals surface area contributed by atoms with Crippen LogP contribution in [0.5, 0.6) is 0 Å². The molecule has 1 aromatic heterocycles. The molecule has 0 saturated carbocycles. The fraction of sp³-hybridized carbons (Fsp3) is 0.667. The van der Waals surface area contributed by atoms with E-state index < -0.39 is 0 Å². The molecule has 0 unspecified atom stereocenters.